The third kappa shape index (κ3) is 2.74. The third-order valence-corrected chi connectivity index (χ3v) is 3.36. The molecule has 0 radical (unpaired) electrons. The van der Waals surface area contributed by atoms with Crippen molar-refractivity contribution in [3.63, 3.8) is 0 Å². The molecule has 0 aliphatic rings. The van der Waals surface area contributed by atoms with Gasteiger partial charge in [0.1, 0.15) is 23.5 Å². The average Bonchev–Trinajstić information content (AvgIpc) is 2.50. The minimum absolute atomic E-state index is 0.134. The number of aromatic nitrogens is 1. The van der Waals surface area contributed by atoms with E-state index in [0.717, 1.165) is 4.57 Å². The molecule has 1 unspecified atom stereocenters. The second-order valence-electron chi connectivity index (χ2n) is 4.69. The summed E-state index contributed by atoms with van der Waals surface area (Å²) in [5.74, 6) is -1.60. The van der Waals surface area contributed by atoms with Crippen LogP contribution in [0.2, 0.25) is 0 Å². The van der Waals surface area contributed by atoms with Crippen molar-refractivity contribution < 1.29 is 14.3 Å². The number of carboxylic acid groups (broad SMARTS) is 1. The van der Waals surface area contributed by atoms with E-state index in [1.165, 1.54) is 36.4 Å². The summed E-state index contributed by atoms with van der Waals surface area (Å²) in [6.07, 6.45) is 0.179. The molecule has 1 aromatic heterocycles. The quantitative estimate of drug-likeness (QED) is 0.940. The Labute approximate surface area is 125 Å². The molecule has 2 aromatic rings. The minimum atomic E-state index is -1.16. The number of carbonyl (C=O) groups is 1. The summed E-state index contributed by atoms with van der Waals surface area (Å²) in [4.78, 5) is 23.8. The summed E-state index contributed by atoms with van der Waals surface area (Å²) < 4.78 is 14.1. The molecule has 0 saturated carbocycles. The van der Waals surface area contributed by atoms with Crippen molar-refractivity contribution in [2.45, 2.75) is 19.4 Å². The van der Waals surface area contributed by atoms with Crippen LogP contribution in [-0.2, 0) is 4.79 Å². The summed E-state index contributed by atoms with van der Waals surface area (Å²) >= 11 is 0. The maximum Gasteiger partial charge on any atom is 0.326 e. The molecule has 1 N–H and O–H groups in total. The zero-order valence-electron chi connectivity index (χ0n) is 11.8. The molecule has 1 heterocycles. The van der Waals surface area contributed by atoms with Gasteiger partial charge in [0.25, 0.3) is 5.56 Å². The first-order valence-electron chi connectivity index (χ1n) is 6.64. The molecular weight excluding hydrogens is 287 g/mol. The lowest BCUT2D eigenvalue weighted by Crippen LogP contribution is -2.32. The van der Waals surface area contributed by atoms with E-state index in [1.54, 1.807) is 13.0 Å². The number of hydrogen-bond donors (Lipinski definition) is 1. The van der Waals surface area contributed by atoms with E-state index >= 15 is 0 Å². The van der Waals surface area contributed by atoms with Gasteiger partial charge in [-0.15, -0.1) is 0 Å². The van der Waals surface area contributed by atoms with E-state index in [2.05, 4.69) is 0 Å². The van der Waals surface area contributed by atoms with Crippen molar-refractivity contribution in [1.82, 2.24) is 4.57 Å². The van der Waals surface area contributed by atoms with Gasteiger partial charge in [-0.25, -0.2) is 9.18 Å². The summed E-state index contributed by atoms with van der Waals surface area (Å²) in [5, 5.41) is 18.3. The van der Waals surface area contributed by atoms with Crippen LogP contribution < -0.4 is 5.56 Å². The van der Waals surface area contributed by atoms with Crippen LogP contribution in [0.4, 0.5) is 4.39 Å². The van der Waals surface area contributed by atoms with Gasteiger partial charge in [-0.2, -0.15) is 5.26 Å². The number of nitrogens with zero attached hydrogens (tertiary/aromatic N) is 2. The Morgan fingerprint density at radius 2 is 1.95 bits per heavy atom. The Balaban J connectivity index is 2.77. The molecule has 22 heavy (non-hydrogen) atoms. The van der Waals surface area contributed by atoms with E-state index in [0.29, 0.717) is 11.3 Å². The summed E-state index contributed by atoms with van der Waals surface area (Å²) in [5.41, 5.74) is 0.0325. The summed E-state index contributed by atoms with van der Waals surface area (Å²) in [7, 11) is 0. The van der Waals surface area contributed by atoms with Crippen LogP contribution in [0, 0.1) is 17.1 Å². The standard InChI is InChI=1S/C16H13FN2O3/c1-2-13(16(21)22)19-14(8-5-11(9-18)15(19)20)10-3-6-12(17)7-4-10/h3-8,13H,2H2,1H3,(H,21,22). The van der Waals surface area contributed by atoms with Crippen LogP contribution in [0.3, 0.4) is 0 Å². The van der Waals surface area contributed by atoms with Gasteiger partial charge in [0.15, 0.2) is 0 Å². The molecule has 1 atom stereocenters. The highest BCUT2D eigenvalue weighted by Crippen LogP contribution is 2.23. The van der Waals surface area contributed by atoms with Gasteiger partial charge in [-0.05, 0) is 48.4 Å². The molecule has 0 aliphatic carbocycles. The largest absolute Gasteiger partial charge is 0.480 e. The number of rotatable bonds is 4. The number of benzene rings is 1. The van der Waals surface area contributed by atoms with Crippen molar-refractivity contribution in [3.8, 4) is 17.3 Å². The van der Waals surface area contributed by atoms with E-state index in [9.17, 15) is 19.1 Å². The number of pyridine rings is 1. The zero-order valence-corrected chi connectivity index (χ0v) is 11.8. The van der Waals surface area contributed by atoms with Gasteiger partial charge in [0, 0.05) is 0 Å². The number of halogens is 1. The highest BCUT2D eigenvalue weighted by molar-refractivity contribution is 5.74. The van der Waals surface area contributed by atoms with Crippen LogP contribution in [0.5, 0.6) is 0 Å². The molecule has 0 saturated heterocycles. The minimum Gasteiger partial charge on any atom is -0.480 e. The fourth-order valence-electron chi connectivity index (χ4n) is 2.27. The molecular formula is C16H13FN2O3. The SMILES string of the molecule is CCC(C(=O)O)n1c(-c2ccc(F)cc2)ccc(C#N)c1=O. The molecule has 2 rings (SSSR count). The van der Waals surface area contributed by atoms with Crippen LogP contribution >= 0.6 is 0 Å². The Bertz CT molecular complexity index is 804. The first-order chi connectivity index (χ1) is 10.5. The molecule has 5 nitrogen and oxygen atoms in total. The maximum absolute atomic E-state index is 13.0. The highest BCUT2D eigenvalue weighted by atomic mass is 19.1. The number of hydrogen-bond acceptors (Lipinski definition) is 3. The van der Waals surface area contributed by atoms with E-state index < -0.39 is 23.4 Å². The van der Waals surface area contributed by atoms with Crippen LogP contribution in [0.15, 0.2) is 41.2 Å². The predicted molar refractivity (Wildman–Crippen MR) is 77.8 cm³/mol. The second kappa shape index (κ2) is 6.22. The Hall–Kier alpha value is -2.94. The smallest absolute Gasteiger partial charge is 0.326 e. The van der Waals surface area contributed by atoms with E-state index in [-0.39, 0.29) is 12.0 Å². The topological polar surface area (TPSA) is 83.1 Å². The maximum atomic E-state index is 13.0. The Morgan fingerprint density at radius 3 is 2.45 bits per heavy atom. The van der Waals surface area contributed by atoms with Crippen molar-refractivity contribution in [3.05, 3.63) is 58.1 Å². The fraction of sp³-hybridized carbons (Fsp3) is 0.188. The lowest BCUT2D eigenvalue weighted by Gasteiger charge is -2.19. The lowest BCUT2D eigenvalue weighted by molar-refractivity contribution is -0.141. The molecule has 0 fully saturated rings. The Kier molecular flexibility index (Phi) is 4.37. The summed E-state index contributed by atoms with van der Waals surface area (Å²) in [6, 6.07) is 8.87. The van der Waals surface area contributed by atoms with Gasteiger partial charge < -0.3 is 5.11 Å². The van der Waals surface area contributed by atoms with E-state index in [4.69, 9.17) is 5.26 Å². The molecule has 0 amide bonds. The molecule has 112 valence electrons. The highest BCUT2D eigenvalue weighted by Gasteiger charge is 2.23. The Morgan fingerprint density at radius 1 is 1.32 bits per heavy atom. The van der Waals surface area contributed by atoms with Crippen LogP contribution in [0.25, 0.3) is 11.3 Å². The van der Waals surface area contributed by atoms with E-state index in [1.807, 2.05) is 0 Å². The van der Waals surface area contributed by atoms with Crippen molar-refractivity contribution in [2.75, 3.05) is 0 Å². The van der Waals surface area contributed by atoms with Crippen LogP contribution in [0.1, 0.15) is 24.9 Å². The van der Waals surface area contributed by atoms with Gasteiger partial charge in [-0.1, -0.05) is 6.92 Å². The van der Waals surface area contributed by atoms with Crippen molar-refractivity contribution in [2.24, 2.45) is 0 Å². The number of aliphatic carboxylic acids is 1. The van der Waals surface area contributed by atoms with Gasteiger partial charge >= 0.3 is 5.97 Å². The molecule has 0 spiro atoms. The van der Waals surface area contributed by atoms with Crippen molar-refractivity contribution >= 4 is 5.97 Å². The monoisotopic (exact) mass is 300 g/mol. The fourth-order valence-corrected chi connectivity index (χ4v) is 2.27. The molecule has 1 aromatic carbocycles. The van der Waals surface area contributed by atoms with Gasteiger partial charge in [-0.3, -0.25) is 9.36 Å². The average molecular weight is 300 g/mol. The van der Waals surface area contributed by atoms with Crippen LogP contribution in [-0.4, -0.2) is 15.6 Å². The summed E-state index contributed by atoms with van der Waals surface area (Å²) in [6.45, 7) is 1.64. The lowest BCUT2D eigenvalue weighted by atomic mass is 10.1. The second-order valence-corrected chi connectivity index (χ2v) is 4.69. The third-order valence-electron chi connectivity index (χ3n) is 3.36. The first kappa shape index (κ1) is 15.4. The molecule has 0 aliphatic heterocycles. The number of nitriles is 1. The zero-order chi connectivity index (χ0) is 16.3. The van der Waals surface area contributed by atoms with Gasteiger partial charge in [0.05, 0.1) is 5.69 Å². The molecule has 6 heteroatoms. The van der Waals surface area contributed by atoms with Crippen molar-refractivity contribution in [1.29, 1.82) is 5.26 Å². The normalized spacial score (nSPS) is 11.7. The van der Waals surface area contributed by atoms with Gasteiger partial charge in [0.2, 0.25) is 0 Å². The predicted octanol–water partition coefficient (Wildman–Crippen LogP) is 2.56. The number of carboxylic acids is 1. The molecule has 0 bridgehead atoms. The first-order valence-corrected chi connectivity index (χ1v) is 6.64.